The molecule has 17 heavy (non-hydrogen) atoms. The molecule has 0 amide bonds. The summed E-state index contributed by atoms with van der Waals surface area (Å²) in [5.41, 5.74) is 7.00. The van der Waals surface area contributed by atoms with Gasteiger partial charge in [0.1, 0.15) is 0 Å². The highest BCUT2D eigenvalue weighted by atomic mass is 16.5. The molecule has 0 radical (unpaired) electrons. The Bertz CT molecular complexity index is 347. The summed E-state index contributed by atoms with van der Waals surface area (Å²) in [7, 11) is 3.92. The lowest BCUT2D eigenvalue weighted by Gasteiger charge is -2.12. The molecule has 0 aliphatic rings. The number of nitrogens with zero attached hydrogens (tertiary/aromatic N) is 1. The molecule has 0 atom stereocenters. The van der Waals surface area contributed by atoms with Gasteiger partial charge in [0.2, 0.25) is 0 Å². The van der Waals surface area contributed by atoms with Gasteiger partial charge in [-0.15, -0.1) is 0 Å². The van der Waals surface area contributed by atoms with Gasteiger partial charge in [-0.2, -0.15) is 0 Å². The standard InChI is InChI=1S/C13H20N2O2/c1-15(2)12-7-5-11(6-8-12)13(16)17-10-4-3-9-14/h5-8H,3-4,9-10,14H2,1-2H3. The highest BCUT2D eigenvalue weighted by Crippen LogP contribution is 2.12. The van der Waals surface area contributed by atoms with E-state index in [0.29, 0.717) is 18.7 Å². The van der Waals surface area contributed by atoms with Gasteiger partial charge < -0.3 is 15.4 Å². The van der Waals surface area contributed by atoms with Gasteiger partial charge in [0.05, 0.1) is 12.2 Å². The van der Waals surface area contributed by atoms with Crippen LogP contribution in [-0.4, -0.2) is 33.2 Å². The van der Waals surface area contributed by atoms with Gasteiger partial charge in [-0.3, -0.25) is 0 Å². The monoisotopic (exact) mass is 236 g/mol. The van der Waals surface area contributed by atoms with E-state index >= 15 is 0 Å². The van der Waals surface area contributed by atoms with E-state index in [0.717, 1.165) is 18.5 Å². The van der Waals surface area contributed by atoms with Gasteiger partial charge in [0, 0.05) is 19.8 Å². The molecule has 0 saturated carbocycles. The van der Waals surface area contributed by atoms with Crippen LogP contribution in [0.4, 0.5) is 5.69 Å². The summed E-state index contributed by atoms with van der Waals surface area (Å²) >= 11 is 0. The first kappa shape index (κ1) is 13.5. The molecular formula is C13H20N2O2. The first-order valence-corrected chi connectivity index (χ1v) is 5.79. The zero-order valence-electron chi connectivity index (χ0n) is 10.5. The minimum atomic E-state index is -0.271. The normalized spacial score (nSPS) is 10.1. The smallest absolute Gasteiger partial charge is 0.338 e. The molecule has 0 aromatic heterocycles. The molecule has 1 aromatic carbocycles. The van der Waals surface area contributed by atoms with Crippen LogP contribution < -0.4 is 10.6 Å². The van der Waals surface area contributed by atoms with Crippen LogP contribution in [0.1, 0.15) is 23.2 Å². The number of esters is 1. The van der Waals surface area contributed by atoms with E-state index in [1.165, 1.54) is 0 Å². The molecule has 1 rings (SSSR count). The third-order valence-electron chi connectivity index (χ3n) is 2.45. The van der Waals surface area contributed by atoms with Gasteiger partial charge in [-0.1, -0.05) is 0 Å². The Morgan fingerprint density at radius 2 is 1.88 bits per heavy atom. The topological polar surface area (TPSA) is 55.6 Å². The van der Waals surface area contributed by atoms with Crippen molar-refractivity contribution in [3.05, 3.63) is 29.8 Å². The Hall–Kier alpha value is -1.55. The van der Waals surface area contributed by atoms with Crippen molar-refractivity contribution < 1.29 is 9.53 Å². The third kappa shape index (κ3) is 4.44. The summed E-state index contributed by atoms with van der Waals surface area (Å²) in [5, 5.41) is 0. The van der Waals surface area contributed by atoms with Crippen LogP contribution in [0, 0.1) is 0 Å². The molecule has 1 aromatic rings. The highest BCUT2D eigenvalue weighted by molar-refractivity contribution is 5.89. The molecule has 0 aliphatic carbocycles. The molecule has 0 unspecified atom stereocenters. The molecule has 0 saturated heterocycles. The summed E-state index contributed by atoms with van der Waals surface area (Å²) < 4.78 is 5.12. The zero-order valence-corrected chi connectivity index (χ0v) is 10.5. The molecule has 0 fully saturated rings. The van der Waals surface area contributed by atoms with Gasteiger partial charge in [-0.05, 0) is 43.7 Å². The van der Waals surface area contributed by atoms with Crippen LogP contribution in [0.3, 0.4) is 0 Å². The van der Waals surface area contributed by atoms with E-state index in [1.54, 1.807) is 12.1 Å². The summed E-state index contributed by atoms with van der Waals surface area (Å²) in [6.45, 7) is 1.07. The van der Waals surface area contributed by atoms with Crippen LogP contribution in [0.25, 0.3) is 0 Å². The lowest BCUT2D eigenvalue weighted by Crippen LogP contribution is -2.10. The molecule has 94 valence electrons. The van der Waals surface area contributed by atoms with Gasteiger partial charge in [-0.25, -0.2) is 4.79 Å². The minimum absolute atomic E-state index is 0.271. The summed E-state index contributed by atoms with van der Waals surface area (Å²) in [6, 6.07) is 7.36. The average Bonchev–Trinajstić information content (AvgIpc) is 2.34. The maximum Gasteiger partial charge on any atom is 0.338 e. The number of rotatable bonds is 6. The molecule has 0 heterocycles. The second-order valence-electron chi connectivity index (χ2n) is 4.07. The maximum absolute atomic E-state index is 11.6. The SMILES string of the molecule is CN(C)c1ccc(C(=O)OCCCCN)cc1. The number of carbonyl (C=O) groups excluding carboxylic acids is 1. The molecule has 4 nitrogen and oxygen atoms in total. The molecule has 4 heteroatoms. The summed E-state index contributed by atoms with van der Waals surface area (Å²) in [6.07, 6.45) is 1.70. The Balaban J connectivity index is 2.46. The number of carbonyl (C=O) groups is 1. The largest absolute Gasteiger partial charge is 0.462 e. The van der Waals surface area contributed by atoms with Crippen molar-refractivity contribution in [1.82, 2.24) is 0 Å². The van der Waals surface area contributed by atoms with Gasteiger partial charge in [0.25, 0.3) is 0 Å². The number of hydrogen-bond donors (Lipinski definition) is 1. The van der Waals surface area contributed by atoms with E-state index in [2.05, 4.69) is 0 Å². The second kappa shape index (κ2) is 6.91. The van der Waals surface area contributed by atoms with E-state index in [9.17, 15) is 4.79 Å². The number of unbranched alkanes of at least 4 members (excludes halogenated alkanes) is 1. The fourth-order valence-corrected chi connectivity index (χ4v) is 1.39. The van der Waals surface area contributed by atoms with E-state index in [-0.39, 0.29) is 5.97 Å². The van der Waals surface area contributed by atoms with Crippen molar-refractivity contribution in [2.75, 3.05) is 32.1 Å². The quantitative estimate of drug-likeness (QED) is 0.602. The van der Waals surface area contributed by atoms with Crippen molar-refractivity contribution in [2.45, 2.75) is 12.8 Å². The number of anilines is 1. The van der Waals surface area contributed by atoms with Crippen molar-refractivity contribution in [2.24, 2.45) is 5.73 Å². The van der Waals surface area contributed by atoms with Crippen molar-refractivity contribution >= 4 is 11.7 Å². The number of nitrogens with two attached hydrogens (primary N) is 1. The Morgan fingerprint density at radius 3 is 2.41 bits per heavy atom. The summed E-state index contributed by atoms with van der Waals surface area (Å²) in [4.78, 5) is 13.6. The first-order valence-electron chi connectivity index (χ1n) is 5.79. The van der Waals surface area contributed by atoms with Crippen LogP contribution >= 0.6 is 0 Å². The molecule has 0 aliphatic heterocycles. The number of hydrogen-bond acceptors (Lipinski definition) is 4. The van der Waals surface area contributed by atoms with Crippen LogP contribution in [0.15, 0.2) is 24.3 Å². The average molecular weight is 236 g/mol. The van der Waals surface area contributed by atoms with Gasteiger partial charge >= 0.3 is 5.97 Å². The third-order valence-corrected chi connectivity index (χ3v) is 2.45. The highest BCUT2D eigenvalue weighted by Gasteiger charge is 2.06. The maximum atomic E-state index is 11.6. The lowest BCUT2D eigenvalue weighted by atomic mass is 10.2. The summed E-state index contributed by atoms with van der Waals surface area (Å²) in [5.74, 6) is -0.271. The second-order valence-corrected chi connectivity index (χ2v) is 4.07. The first-order chi connectivity index (χ1) is 8.15. The minimum Gasteiger partial charge on any atom is -0.462 e. The van der Waals surface area contributed by atoms with E-state index in [4.69, 9.17) is 10.5 Å². The van der Waals surface area contributed by atoms with Crippen molar-refractivity contribution in [3.8, 4) is 0 Å². The number of ether oxygens (including phenoxy) is 1. The Labute approximate surface area is 102 Å². The fraction of sp³-hybridized carbons (Fsp3) is 0.462. The Morgan fingerprint density at radius 1 is 1.24 bits per heavy atom. The van der Waals surface area contributed by atoms with Crippen molar-refractivity contribution in [3.63, 3.8) is 0 Å². The van der Waals surface area contributed by atoms with Gasteiger partial charge in [0.15, 0.2) is 0 Å². The van der Waals surface area contributed by atoms with Crippen LogP contribution in [0.5, 0.6) is 0 Å². The predicted octanol–water partition coefficient (Wildman–Crippen LogP) is 1.65. The Kier molecular flexibility index (Phi) is 5.49. The van der Waals surface area contributed by atoms with E-state index in [1.807, 2.05) is 31.1 Å². The van der Waals surface area contributed by atoms with Crippen LogP contribution in [-0.2, 0) is 4.74 Å². The fourth-order valence-electron chi connectivity index (χ4n) is 1.39. The number of benzene rings is 1. The van der Waals surface area contributed by atoms with E-state index < -0.39 is 0 Å². The van der Waals surface area contributed by atoms with Crippen molar-refractivity contribution in [1.29, 1.82) is 0 Å². The lowest BCUT2D eigenvalue weighted by molar-refractivity contribution is 0.0499. The molecule has 0 bridgehead atoms. The zero-order chi connectivity index (χ0) is 12.7. The van der Waals surface area contributed by atoms with Crippen LogP contribution in [0.2, 0.25) is 0 Å². The molecule has 2 N–H and O–H groups in total. The predicted molar refractivity (Wildman–Crippen MR) is 69.3 cm³/mol. The molecule has 0 spiro atoms. The molecular weight excluding hydrogens is 216 g/mol.